The van der Waals surface area contributed by atoms with Crippen LogP contribution in [0.4, 0.5) is 26.7 Å². The summed E-state index contributed by atoms with van der Waals surface area (Å²) >= 11 is 0. The molecule has 1 atom stereocenters. The van der Waals surface area contributed by atoms with Gasteiger partial charge >= 0.3 is 12.1 Å². The monoisotopic (exact) mass is 425 g/mol. The van der Waals surface area contributed by atoms with E-state index in [0.717, 1.165) is 33.9 Å². The molecule has 7 nitrogen and oxygen atoms in total. The fourth-order valence-electron chi connectivity index (χ4n) is 4.33. The second-order valence-corrected chi connectivity index (χ2v) is 8.00. The predicted molar refractivity (Wildman–Crippen MR) is 126 cm³/mol. The molecule has 3 aromatic rings. The SMILES string of the molecule is Cc1ccccc1N(C(N)=O)c1ccc(C2CN=C3c4ccccc4NC(=O)N3C2)cc1. The van der Waals surface area contributed by atoms with Gasteiger partial charge < -0.3 is 11.1 Å². The maximum Gasteiger partial charge on any atom is 0.327 e. The van der Waals surface area contributed by atoms with Crippen molar-refractivity contribution in [3.05, 3.63) is 89.5 Å². The summed E-state index contributed by atoms with van der Waals surface area (Å²) in [5.41, 5.74) is 10.9. The minimum absolute atomic E-state index is 0.0595. The lowest BCUT2D eigenvalue weighted by atomic mass is 9.95. The molecule has 160 valence electrons. The zero-order chi connectivity index (χ0) is 22.2. The van der Waals surface area contributed by atoms with E-state index in [4.69, 9.17) is 10.7 Å². The van der Waals surface area contributed by atoms with Crippen LogP contribution in [0.5, 0.6) is 0 Å². The molecule has 1 unspecified atom stereocenters. The standard InChI is InChI=1S/C25H23N5O2/c1-16-6-2-5-9-22(16)30(24(26)31)19-12-10-17(11-13-19)18-14-27-23-20-7-3-4-8-21(20)28-25(32)29(23)15-18/h2-13,18H,14-15H2,1H3,(H2,26,31)(H,28,32). The Balaban J connectivity index is 1.42. The summed E-state index contributed by atoms with van der Waals surface area (Å²) in [5.74, 6) is 0.779. The Morgan fingerprint density at radius 1 is 1.06 bits per heavy atom. The van der Waals surface area contributed by atoms with Crippen LogP contribution in [0, 0.1) is 6.92 Å². The Morgan fingerprint density at radius 2 is 1.78 bits per heavy atom. The number of primary amides is 1. The molecule has 3 aromatic carbocycles. The molecule has 0 saturated carbocycles. The topological polar surface area (TPSA) is 91.0 Å². The molecule has 4 amide bonds. The van der Waals surface area contributed by atoms with E-state index in [1.165, 1.54) is 4.90 Å². The van der Waals surface area contributed by atoms with Crippen LogP contribution in [-0.2, 0) is 0 Å². The van der Waals surface area contributed by atoms with Gasteiger partial charge in [0.2, 0.25) is 0 Å². The summed E-state index contributed by atoms with van der Waals surface area (Å²) in [5, 5.41) is 2.94. The highest BCUT2D eigenvalue weighted by atomic mass is 16.2. The number of nitrogens with one attached hydrogen (secondary N) is 1. The van der Waals surface area contributed by atoms with E-state index in [1.807, 2.05) is 79.7 Å². The number of rotatable bonds is 3. The number of amidine groups is 1. The first-order valence-electron chi connectivity index (χ1n) is 10.5. The molecule has 0 radical (unpaired) electrons. The van der Waals surface area contributed by atoms with Crippen LogP contribution in [0.15, 0.2) is 77.8 Å². The molecule has 0 aromatic heterocycles. The van der Waals surface area contributed by atoms with E-state index >= 15 is 0 Å². The molecule has 32 heavy (non-hydrogen) atoms. The predicted octanol–water partition coefficient (Wildman–Crippen LogP) is 4.60. The molecule has 3 N–H and O–H groups in total. The second-order valence-electron chi connectivity index (χ2n) is 8.00. The third-order valence-electron chi connectivity index (χ3n) is 5.97. The zero-order valence-corrected chi connectivity index (χ0v) is 17.7. The quantitative estimate of drug-likeness (QED) is 0.642. The highest BCUT2D eigenvalue weighted by Crippen LogP contribution is 2.32. The summed E-state index contributed by atoms with van der Waals surface area (Å²) in [6.45, 7) is 3.07. The van der Waals surface area contributed by atoms with Gasteiger partial charge in [0.25, 0.3) is 0 Å². The van der Waals surface area contributed by atoms with Crippen molar-refractivity contribution >= 4 is 35.0 Å². The molecule has 2 aliphatic rings. The van der Waals surface area contributed by atoms with Gasteiger partial charge in [0.15, 0.2) is 0 Å². The Morgan fingerprint density at radius 3 is 2.53 bits per heavy atom. The van der Waals surface area contributed by atoms with Gasteiger partial charge in [-0.15, -0.1) is 0 Å². The van der Waals surface area contributed by atoms with Gasteiger partial charge in [0.1, 0.15) is 5.84 Å². The summed E-state index contributed by atoms with van der Waals surface area (Å²) in [4.78, 5) is 32.8. The lowest BCUT2D eigenvalue weighted by molar-refractivity contribution is 0.229. The largest absolute Gasteiger partial charge is 0.351 e. The molecule has 0 saturated heterocycles. The van der Waals surface area contributed by atoms with Crippen molar-refractivity contribution in [1.29, 1.82) is 0 Å². The molecule has 2 heterocycles. The molecular weight excluding hydrogens is 402 g/mol. The van der Waals surface area contributed by atoms with Crippen LogP contribution in [0.1, 0.15) is 22.6 Å². The third kappa shape index (κ3) is 3.37. The summed E-state index contributed by atoms with van der Waals surface area (Å²) < 4.78 is 0. The Bertz CT molecular complexity index is 1240. The van der Waals surface area contributed by atoms with Gasteiger partial charge in [-0.3, -0.25) is 14.8 Å². The van der Waals surface area contributed by atoms with Crippen molar-refractivity contribution < 1.29 is 9.59 Å². The number of nitrogens with zero attached hydrogens (tertiary/aromatic N) is 3. The van der Waals surface area contributed by atoms with E-state index in [0.29, 0.717) is 18.8 Å². The Hall–Kier alpha value is -4.13. The molecule has 0 aliphatic carbocycles. The molecule has 0 spiro atoms. The molecule has 5 rings (SSSR count). The van der Waals surface area contributed by atoms with E-state index in [9.17, 15) is 9.59 Å². The molecular formula is C25H23N5O2. The van der Waals surface area contributed by atoms with Gasteiger partial charge in [-0.25, -0.2) is 9.59 Å². The van der Waals surface area contributed by atoms with Crippen LogP contribution in [0.3, 0.4) is 0 Å². The van der Waals surface area contributed by atoms with Gasteiger partial charge in [-0.2, -0.15) is 0 Å². The van der Waals surface area contributed by atoms with E-state index in [1.54, 1.807) is 4.90 Å². The number of anilines is 3. The number of urea groups is 2. The second kappa shape index (κ2) is 7.85. The summed E-state index contributed by atoms with van der Waals surface area (Å²) in [6.07, 6.45) is 0. The summed E-state index contributed by atoms with van der Waals surface area (Å²) in [7, 11) is 0. The minimum atomic E-state index is -0.539. The normalized spacial score (nSPS) is 17.0. The third-order valence-corrected chi connectivity index (χ3v) is 5.97. The van der Waals surface area contributed by atoms with E-state index < -0.39 is 6.03 Å². The molecule has 0 bridgehead atoms. The van der Waals surface area contributed by atoms with E-state index in [-0.39, 0.29) is 11.9 Å². The average Bonchev–Trinajstić information content (AvgIpc) is 2.81. The zero-order valence-electron chi connectivity index (χ0n) is 17.7. The smallest absolute Gasteiger partial charge is 0.327 e. The molecule has 7 heteroatoms. The molecule has 2 aliphatic heterocycles. The van der Waals surface area contributed by atoms with Gasteiger partial charge in [0, 0.05) is 24.6 Å². The van der Waals surface area contributed by atoms with Crippen molar-refractivity contribution in [3.8, 4) is 0 Å². The van der Waals surface area contributed by atoms with Crippen molar-refractivity contribution in [3.63, 3.8) is 0 Å². The summed E-state index contributed by atoms with van der Waals surface area (Å²) in [6, 6.07) is 22.3. The van der Waals surface area contributed by atoms with Gasteiger partial charge in [-0.05, 0) is 48.4 Å². The van der Waals surface area contributed by atoms with Crippen molar-refractivity contribution in [2.45, 2.75) is 12.8 Å². The van der Waals surface area contributed by atoms with Crippen LogP contribution < -0.4 is 16.0 Å². The fourth-order valence-corrected chi connectivity index (χ4v) is 4.33. The van der Waals surface area contributed by atoms with Crippen molar-refractivity contribution in [2.75, 3.05) is 23.3 Å². The highest BCUT2D eigenvalue weighted by Gasteiger charge is 2.34. The van der Waals surface area contributed by atoms with Crippen LogP contribution in [0.25, 0.3) is 0 Å². The van der Waals surface area contributed by atoms with Crippen molar-refractivity contribution in [1.82, 2.24) is 4.90 Å². The average molecular weight is 425 g/mol. The van der Waals surface area contributed by atoms with Crippen molar-refractivity contribution in [2.24, 2.45) is 10.7 Å². The highest BCUT2D eigenvalue weighted by molar-refractivity contribution is 6.18. The lowest BCUT2D eigenvalue weighted by Gasteiger charge is -2.36. The molecule has 0 fully saturated rings. The number of aryl methyl sites for hydroxylation is 1. The van der Waals surface area contributed by atoms with Crippen LogP contribution >= 0.6 is 0 Å². The first-order chi connectivity index (χ1) is 15.5. The number of carbonyl (C=O) groups is 2. The number of benzene rings is 3. The minimum Gasteiger partial charge on any atom is -0.351 e. The Labute approximate surface area is 186 Å². The first kappa shape index (κ1) is 19.8. The fraction of sp³-hybridized carbons (Fsp3) is 0.160. The maximum atomic E-state index is 12.7. The van der Waals surface area contributed by atoms with Gasteiger partial charge in [-0.1, -0.05) is 42.5 Å². The first-order valence-corrected chi connectivity index (χ1v) is 10.5. The number of amides is 4. The van der Waals surface area contributed by atoms with Crippen LogP contribution in [-0.4, -0.2) is 35.9 Å². The van der Waals surface area contributed by atoms with Crippen LogP contribution in [0.2, 0.25) is 0 Å². The maximum absolute atomic E-state index is 12.7. The number of fused-ring (bicyclic) bond motifs is 3. The number of hydrogen-bond donors (Lipinski definition) is 2. The number of aliphatic imine (C=N–C) groups is 1. The van der Waals surface area contributed by atoms with E-state index in [2.05, 4.69) is 5.32 Å². The number of nitrogens with two attached hydrogens (primary N) is 1. The van der Waals surface area contributed by atoms with Gasteiger partial charge in [0.05, 0.1) is 17.1 Å². The number of carbonyl (C=O) groups excluding carboxylic acids is 2. The lowest BCUT2D eigenvalue weighted by Crippen LogP contribution is -2.49. The number of hydrogen-bond acceptors (Lipinski definition) is 3. The Kier molecular flexibility index (Phi) is 4.86. The number of para-hydroxylation sites is 2.